The predicted octanol–water partition coefficient (Wildman–Crippen LogP) is 2.51. The van der Waals surface area contributed by atoms with E-state index in [0.717, 1.165) is 13.0 Å². The van der Waals surface area contributed by atoms with Gasteiger partial charge < -0.3 is 10.6 Å². The fraction of sp³-hybridized carbons (Fsp3) is 0.538. The van der Waals surface area contributed by atoms with Gasteiger partial charge in [0, 0.05) is 40.3 Å². The van der Waals surface area contributed by atoms with Crippen molar-refractivity contribution in [2.24, 2.45) is 0 Å². The number of hydrogen-bond donors (Lipinski definition) is 1. The van der Waals surface area contributed by atoms with Crippen LogP contribution in [0.5, 0.6) is 0 Å². The second kappa shape index (κ2) is 6.54. The van der Waals surface area contributed by atoms with Crippen LogP contribution < -0.4 is 5.73 Å². The molecule has 0 bridgehead atoms. The molecule has 8 heteroatoms. The summed E-state index contributed by atoms with van der Waals surface area (Å²) in [4.78, 5) is 2.45. The summed E-state index contributed by atoms with van der Waals surface area (Å²) < 4.78 is 28.4. The molecule has 0 aromatic heterocycles. The number of nitrogens with zero attached hydrogens (tertiary/aromatic N) is 2. The quantitative estimate of drug-likeness (QED) is 0.733. The Hall–Kier alpha value is -0.150. The molecule has 0 spiro atoms. The lowest BCUT2D eigenvalue weighted by Gasteiger charge is -2.38. The Morgan fingerprint density at radius 3 is 2.38 bits per heavy atom. The molecular weight excluding hydrogens is 422 g/mol. The number of likely N-dealkylation sites (N-methyl/N-ethyl adjacent to an activating group) is 1. The maximum absolute atomic E-state index is 12.9. The Labute approximate surface area is 142 Å². The van der Waals surface area contributed by atoms with E-state index in [1.165, 1.54) is 0 Å². The molecule has 1 heterocycles. The summed E-state index contributed by atoms with van der Waals surface area (Å²) in [6.07, 6.45) is 0.923. The highest BCUT2D eigenvalue weighted by molar-refractivity contribution is 9.11. The lowest BCUT2D eigenvalue weighted by atomic mass is 10.1. The number of halogens is 2. The van der Waals surface area contributed by atoms with Crippen LogP contribution in [0.15, 0.2) is 26.0 Å². The van der Waals surface area contributed by atoms with Gasteiger partial charge in [-0.15, -0.1) is 0 Å². The van der Waals surface area contributed by atoms with Crippen LogP contribution in [0.3, 0.4) is 0 Å². The fourth-order valence-electron chi connectivity index (χ4n) is 2.53. The van der Waals surface area contributed by atoms with Crippen molar-refractivity contribution in [1.82, 2.24) is 9.21 Å². The van der Waals surface area contributed by atoms with Crippen LogP contribution in [-0.2, 0) is 10.0 Å². The first-order chi connectivity index (χ1) is 9.77. The van der Waals surface area contributed by atoms with Crippen molar-refractivity contribution in [3.8, 4) is 0 Å². The topological polar surface area (TPSA) is 66.6 Å². The normalized spacial score (nSPS) is 21.6. The summed E-state index contributed by atoms with van der Waals surface area (Å²) >= 11 is 6.64. The van der Waals surface area contributed by atoms with Crippen molar-refractivity contribution in [2.45, 2.75) is 24.3 Å². The third-order valence-electron chi connectivity index (χ3n) is 3.83. The minimum absolute atomic E-state index is 0.246. The Bertz CT molecular complexity index is 613. The van der Waals surface area contributed by atoms with Gasteiger partial charge >= 0.3 is 0 Å². The van der Waals surface area contributed by atoms with Gasteiger partial charge in [-0.2, -0.15) is 4.31 Å². The highest BCUT2D eigenvalue weighted by atomic mass is 79.9. The number of piperazine rings is 1. The van der Waals surface area contributed by atoms with Crippen LogP contribution in [0.1, 0.15) is 13.3 Å². The highest BCUT2D eigenvalue weighted by Crippen LogP contribution is 2.35. The fourth-order valence-corrected chi connectivity index (χ4v) is 6.54. The number of sulfonamides is 1. The van der Waals surface area contributed by atoms with Crippen LogP contribution in [0.25, 0.3) is 0 Å². The van der Waals surface area contributed by atoms with Gasteiger partial charge in [-0.25, -0.2) is 8.42 Å². The number of nitrogens with two attached hydrogens (primary N) is 1. The molecule has 1 aromatic carbocycles. The Balaban J connectivity index is 2.39. The molecule has 1 aliphatic heterocycles. The number of benzene rings is 1. The van der Waals surface area contributed by atoms with Gasteiger partial charge in [-0.05, 0) is 57.5 Å². The standard InChI is InChI=1S/C13H19Br2N3O2S/c1-3-10-8-18(5-4-17(10)2)21(19,20)13-11(14)6-9(16)7-12(13)15/h6-7,10H,3-5,8,16H2,1-2H3. The average molecular weight is 441 g/mol. The van der Waals surface area contributed by atoms with Crippen molar-refractivity contribution >= 4 is 47.6 Å². The predicted molar refractivity (Wildman–Crippen MR) is 91.7 cm³/mol. The zero-order valence-electron chi connectivity index (χ0n) is 12.0. The van der Waals surface area contributed by atoms with E-state index in [4.69, 9.17) is 5.73 Å². The van der Waals surface area contributed by atoms with Crippen LogP contribution >= 0.6 is 31.9 Å². The molecule has 0 aliphatic carbocycles. The number of anilines is 1. The molecule has 0 amide bonds. The van der Waals surface area contributed by atoms with Gasteiger partial charge in [-0.1, -0.05) is 6.92 Å². The van der Waals surface area contributed by atoms with Gasteiger partial charge in [-0.3, -0.25) is 0 Å². The molecule has 0 radical (unpaired) electrons. The van der Waals surface area contributed by atoms with Gasteiger partial charge in [0.1, 0.15) is 4.90 Å². The van der Waals surface area contributed by atoms with E-state index in [1.54, 1.807) is 16.4 Å². The zero-order valence-corrected chi connectivity index (χ0v) is 16.0. The van der Waals surface area contributed by atoms with E-state index < -0.39 is 10.0 Å². The maximum atomic E-state index is 12.9. The largest absolute Gasteiger partial charge is 0.399 e. The van der Waals surface area contributed by atoms with Crippen molar-refractivity contribution in [1.29, 1.82) is 0 Å². The summed E-state index contributed by atoms with van der Waals surface area (Å²) in [7, 11) is -1.51. The zero-order chi connectivity index (χ0) is 15.8. The summed E-state index contributed by atoms with van der Waals surface area (Å²) in [5, 5.41) is 0. The minimum Gasteiger partial charge on any atom is -0.399 e. The van der Waals surface area contributed by atoms with Crippen molar-refractivity contribution < 1.29 is 8.42 Å². The van der Waals surface area contributed by atoms with E-state index >= 15 is 0 Å². The molecule has 1 fully saturated rings. The van der Waals surface area contributed by atoms with Crippen molar-refractivity contribution in [2.75, 3.05) is 32.4 Å². The Morgan fingerprint density at radius 1 is 1.29 bits per heavy atom. The third-order valence-corrected chi connectivity index (χ3v) is 7.57. The number of nitrogen functional groups attached to an aromatic ring is 1. The molecular formula is C13H19Br2N3O2S. The Morgan fingerprint density at radius 2 is 1.86 bits per heavy atom. The molecule has 1 saturated heterocycles. The molecule has 1 unspecified atom stereocenters. The summed E-state index contributed by atoms with van der Waals surface area (Å²) in [6.45, 7) is 3.82. The van der Waals surface area contributed by atoms with Gasteiger partial charge in [0.05, 0.1) is 0 Å². The first kappa shape index (κ1) is 17.2. The van der Waals surface area contributed by atoms with E-state index in [-0.39, 0.29) is 10.9 Å². The molecule has 5 nitrogen and oxygen atoms in total. The van der Waals surface area contributed by atoms with Crippen molar-refractivity contribution in [3.63, 3.8) is 0 Å². The molecule has 1 aromatic rings. The van der Waals surface area contributed by atoms with E-state index in [1.807, 2.05) is 7.05 Å². The van der Waals surface area contributed by atoms with Crippen LogP contribution in [0.4, 0.5) is 5.69 Å². The molecule has 118 valence electrons. The second-order valence-electron chi connectivity index (χ2n) is 5.22. The Kier molecular flexibility index (Phi) is 5.36. The third kappa shape index (κ3) is 3.44. The van der Waals surface area contributed by atoms with Crippen LogP contribution in [0.2, 0.25) is 0 Å². The molecule has 2 rings (SSSR count). The summed E-state index contributed by atoms with van der Waals surface area (Å²) in [5.41, 5.74) is 6.25. The maximum Gasteiger partial charge on any atom is 0.245 e. The lowest BCUT2D eigenvalue weighted by Crippen LogP contribution is -2.52. The monoisotopic (exact) mass is 439 g/mol. The van der Waals surface area contributed by atoms with Crippen LogP contribution in [-0.4, -0.2) is 50.3 Å². The molecule has 21 heavy (non-hydrogen) atoms. The highest BCUT2D eigenvalue weighted by Gasteiger charge is 2.34. The lowest BCUT2D eigenvalue weighted by molar-refractivity contribution is 0.144. The van der Waals surface area contributed by atoms with Crippen molar-refractivity contribution in [3.05, 3.63) is 21.1 Å². The molecule has 0 saturated carbocycles. The van der Waals surface area contributed by atoms with E-state index in [9.17, 15) is 8.42 Å². The van der Waals surface area contributed by atoms with E-state index in [0.29, 0.717) is 27.7 Å². The van der Waals surface area contributed by atoms with Gasteiger partial charge in [0.2, 0.25) is 10.0 Å². The summed E-state index contributed by atoms with van der Waals surface area (Å²) in [6, 6.07) is 3.48. The van der Waals surface area contributed by atoms with Gasteiger partial charge in [0.25, 0.3) is 0 Å². The van der Waals surface area contributed by atoms with E-state index in [2.05, 4.69) is 43.7 Å². The summed E-state index contributed by atoms with van der Waals surface area (Å²) in [5.74, 6) is 0. The average Bonchev–Trinajstić information content (AvgIpc) is 2.37. The molecule has 1 atom stereocenters. The van der Waals surface area contributed by atoms with Gasteiger partial charge in [0.15, 0.2) is 0 Å². The van der Waals surface area contributed by atoms with Crippen LogP contribution in [0, 0.1) is 0 Å². The molecule has 2 N–H and O–H groups in total. The smallest absolute Gasteiger partial charge is 0.245 e. The second-order valence-corrected chi connectivity index (χ2v) is 8.80. The number of rotatable bonds is 3. The minimum atomic E-state index is -3.55. The SMILES string of the molecule is CCC1CN(S(=O)(=O)c2c(Br)cc(N)cc2Br)CCN1C. The number of hydrogen-bond acceptors (Lipinski definition) is 4. The first-order valence-corrected chi connectivity index (χ1v) is 9.75. The molecule has 1 aliphatic rings. The first-order valence-electron chi connectivity index (χ1n) is 6.72.